The van der Waals surface area contributed by atoms with Crippen molar-refractivity contribution < 1.29 is 9.21 Å². The summed E-state index contributed by atoms with van der Waals surface area (Å²) < 4.78 is 5.99. The van der Waals surface area contributed by atoms with E-state index in [1.165, 1.54) is 0 Å². The molecule has 0 saturated carbocycles. The van der Waals surface area contributed by atoms with Crippen molar-refractivity contribution in [1.82, 2.24) is 0 Å². The average Bonchev–Trinajstić information content (AvgIpc) is 2.75. The van der Waals surface area contributed by atoms with Gasteiger partial charge in [0, 0.05) is 12.7 Å². The van der Waals surface area contributed by atoms with Gasteiger partial charge in [0.05, 0.1) is 0 Å². The second-order valence-electron chi connectivity index (χ2n) is 3.30. The fraction of sp³-hybridized carbons (Fsp3) is 0.0833. The van der Waals surface area contributed by atoms with Crippen LogP contribution < -0.4 is 4.90 Å². The number of rotatable bonds is 2. The van der Waals surface area contributed by atoms with Gasteiger partial charge in [-0.3, -0.25) is 4.79 Å². The van der Waals surface area contributed by atoms with Crippen molar-refractivity contribution in [3.8, 4) is 0 Å². The van der Waals surface area contributed by atoms with Gasteiger partial charge in [-0.25, -0.2) is 0 Å². The lowest BCUT2D eigenvalue weighted by atomic mass is 10.3. The van der Waals surface area contributed by atoms with Crippen LogP contribution in [-0.4, -0.2) is 13.0 Å². The smallest absolute Gasteiger partial charge is 0.293 e. The molecule has 0 fully saturated rings. The van der Waals surface area contributed by atoms with Crippen LogP contribution >= 0.6 is 22.6 Å². The Bertz CT molecular complexity index is 493. The second-order valence-corrected chi connectivity index (χ2v) is 4.37. The predicted molar refractivity (Wildman–Crippen MR) is 70.6 cm³/mol. The predicted octanol–water partition coefficient (Wildman–Crippen LogP) is 3.16. The minimum absolute atomic E-state index is 0.144. The summed E-state index contributed by atoms with van der Waals surface area (Å²) in [7, 11) is 1.73. The van der Waals surface area contributed by atoms with Crippen LogP contribution in [0.2, 0.25) is 0 Å². The first-order valence-electron chi connectivity index (χ1n) is 4.77. The van der Waals surface area contributed by atoms with Gasteiger partial charge in [-0.15, -0.1) is 0 Å². The van der Waals surface area contributed by atoms with Gasteiger partial charge < -0.3 is 9.32 Å². The van der Waals surface area contributed by atoms with Crippen molar-refractivity contribution >= 4 is 34.2 Å². The van der Waals surface area contributed by atoms with Crippen LogP contribution in [-0.2, 0) is 0 Å². The highest BCUT2D eigenvalue weighted by Crippen LogP contribution is 2.17. The summed E-state index contributed by atoms with van der Waals surface area (Å²) in [5, 5.41) is 0. The maximum absolute atomic E-state index is 12.0. The Labute approximate surface area is 107 Å². The van der Waals surface area contributed by atoms with Crippen molar-refractivity contribution in [1.29, 1.82) is 0 Å². The molecule has 0 saturated heterocycles. The van der Waals surface area contributed by atoms with E-state index < -0.39 is 0 Å². The molecule has 0 N–H and O–H groups in total. The zero-order chi connectivity index (χ0) is 11.5. The number of hydrogen-bond donors (Lipinski definition) is 0. The van der Waals surface area contributed by atoms with E-state index in [-0.39, 0.29) is 5.91 Å². The summed E-state index contributed by atoms with van der Waals surface area (Å²) in [4.78, 5) is 13.6. The quantitative estimate of drug-likeness (QED) is 0.794. The molecule has 3 nitrogen and oxygen atoms in total. The van der Waals surface area contributed by atoms with Gasteiger partial charge in [0.2, 0.25) is 0 Å². The summed E-state index contributed by atoms with van der Waals surface area (Å²) in [6.45, 7) is 0. The molecule has 2 aromatic rings. The Balaban J connectivity index is 2.23. The molecule has 0 aliphatic carbocycles. The molecule has 0 spiro atoms. The number of benzene rings is 1. The van der Waals surface area contributed by atoms with Crippen LogP contribution in [0.15, 0.2) is 46.9 Å². The molecule has 1 heterocycles. The van der Waals surface area contributed by atoms with Crippen LogP contribution in [0.4, 0.5) is 5.69 Å². The number of para-hydroxylation sites is 1. The van der Waals surface area contributed by atoms with Gasteiger partial charge in [-0.05, 0) is 46.9 Å². The first kappa shape index (κ1) is 11.2. The first-order valence-corrected chi connectivity index (χ1v) is 5.85. The third-order valence-corrected chi connectivity index (χ3v) is 2.81. The monoisotopic (exact) mass is 327 g/mol. The summed E-state index contributed by atoms with van der Waals surface area (Å²) in [6, 6.07) is 12.9. The Hall–Kier alpha value is -1.30. The lowest BCUT2D eigenvalue weighted by Gasteiger charge is -2.15. The standard InChI is InChI=1S/C12H10INO2/c1-14(9-5-3-2-4-6-9)12(15)10-7-8-11(13)16-10/h2-8H,1H3. The Kier molecular flexibility index (Phi) is 3.28. The van der Waals surface area contributed by atoms with Crippen molar-refractivity contribution in [3.05, 3.63) is 52.0 Å². The number of anilines is 1. The molecule has 1 aromatic heterocycles. The highest BCUT2D eigenvalue weighted by Gasteiger charge is 2.16. The molecule has 1 amide bonds. The minimum atomic E-state index is -0.144. The Morgan fingerprint density at radius 3 is 2.44 bits per heavy atom. The maximum Gasteiger partial charge on any atom is 0.293 e. The van der Waals surface area contributed by atoms with Gasteiger partial charge in [-0.1, -0.05) is 18.2 Å². The van der Waals surface area contributed by atoms with E-state index in [2.05, 4.69) is 0 Å². The van der Waals surface area contributed by atoms with Gasteiger partial charge in [0.25, 0.3) is 5.91 Å². The van der Waals surface area contributed by atoms with Crippen LogP contribution in [0, 0.1) is 3.77 Å². The molecule has 4 heteroatoms. The number of nitrogens with zero attached hydrogens (tertiary/aromatic N) is 1. The minimum Gasteiger partial charge on any atom is -0.445 e. The third-order valence-electron chi connectivity index (χ3n) is 2.23. The van der Waals surface area contributed by atoms with Crippen LogP contribution in [0.1, 0.15) is 10.6 Å². The van der Waals surface area contributed by atoms with E-state index in [1.54, 1.807) is 24.1 Å². The zero-order valence-electron chi connectivity index (χ0n) is 8.68. The number of amides is 1. The molecule has 0 bridgehead atoms. The lowest BCUT2D eigenvalue weighted by molar-refractivity contribution is 0.0965. The number of carbonyl (C=O) groups excluding carboxylic acids is 1. The molecule has 0 aliphatic heterocycles. The molecule has 1 aromatic carbocycles. The molecule has 2 rings (SSSR count). The molecule has 16 heavy (non-hydrogen) atoms. The fourth-order valence-electron chi connectivity index (χ4n) is 1.36. The average molecular weight is 327 g/mol. The van der Waals surface area contributed by atoms with Gasteiger partial charge >= 0.3 is 0 Å². The van der Waals surface area contributed by atoms with Crippen molar-refractivity contribution in [2.24, 2.45) is 0 Å². The summed E-state index contributed by atoms with van der Waals surface area (Å²) in [6.07, 6.45) is 0. The van der Waals surface area contributed by atoms with Crippen molar-refractivity contribution in [2.75, 3.05) is 11.9 Å². The number of hydrogen-bond acceptors (Lipinski definition) is 2. The highest BCUT2D eigenvalue weighted by atomic mass is 127. The molecule has 0 unspecified atom stereocenters. The summed E-state index contributed by atoms with van der Waals surface area (Å²) >= 11 is 2.03. The molecule has 0 aliphatic rings. The largest absolute Gasteiger partial charge is 0.445 e. The van der Waals surface area contributed by atoms with E-state index in [1.807, 2.05) is 52.9 Å². The van der Waals surface area contributed by atoms with Gasteiger partial charge in [-0.2, -0.15) is 0 Å². The molecule has 0 radical (unpaired) electrons. The highest BCUT2D eigenvalue weighted by molar-refractivity contribution is 14.1. The number of halogens is 1. The SMILES string of the molecule is CN(C(=O)c1ccc(I)o1)c1ccccc1. The zero-order valence-corrected chi connectivity index (χ0v) is 10.8. The third kappa shape index (κ3) is 2.27. The van der Waals surface area contributed by atoms with E-state index in [0.29, 0.717) is 9.53 Å². The van der Waals surface area contributed by atoms with Gasteiger partial charge in [0.15, 0.2) is 9.53 Å². The molecular weight excluding hydrogens is 317 g/mol. The van der Waals surface area contributed by atoms with E-state index in [0.717, 1.165) is 5.69 Å². The topological polar surface area (TPSA) is 33.5 Å². The second kappa shape index (κ2) is 4.69. The molecular formula is C12H10INO2. The summed E-state index contributed by atoms with van der Waals surface area (Å²) in [5.41, 5.74) is 0.846. The Morgan fingerprint density at radius 2 is 1.88 bits per heavy atom. The van der Waals surface area contributed by atoms with E-state index in [9.17, 15) is 4.79 Å². The first-order chi connectivity index (χ1) is 7.68. The fourth-order valence-corrected chi connectivity index (χ4v) is 1.78. The normalized spacial score (nSPS) is 10.1. The van der Waals surface area contributed by atoms with Crippen molar-refractivity contribution in [3.63, 3.8) is 0 Å². The van der Waals surface area contributed by atoms with E-state index >= 15 is 0 Å². The van der Waals surface area contributed by atoms with Crippen LogP contribution in [0.5, 0.6) is 0 Å². The summed E-state index contributed by atoms with van der Waals surface area (Å²) in [5.74, 6) is 0.213. The molecule has 0 atom stereocenters. The Morgan fingerprint density at radius 1 is 1.19 bits per heavy atom. The van der Waals surface area contributed by atoms with Crippen LogP contribution in [0.25, 0.3) is 0 Å². The number of carbonyl (C=O) groups is 1. The maximum atomic E-state index is 12.0. The lowest BCUT2D eigenvalue weighted by Crippen LogP contribution is -2.25. The van der Waals surface area contributed by atoms with Gasteiger partial charge in [0.1, 0.15) is 0 Å². The van der Waals surface area contributed by atoms with E-state index in [4.69, 9.17) is 4.42 Å². The molecule has 82 valence electrons. The number of furan rings is 1. The van der Waals surface area contributed by atoms with Crippen LogP contribution in [0.3, 0.4) is 0 Å². The van der Waals surface area contributed by atoms with Crippen molar-refractivity contribution in [2.45, 2.75) is 0 Å².